The molecule has 1 rings (SSSR count). The highest BCUT2D eigenvalue weighted by Gasteiger charge is 1.99. The zero-order valence-electron chi connectivity index (χ0n) is 9.16. The van der Waals surface area contributed by atoms with Crippen LogP contribution in [0.25, 0.3) is 0 Å². The van der Waals surface area contributed by atoms with E-state index < -0.39 is 0 Å². The Morgan fingerprint density at radius 1 is 1.53 bits per heavy atom. The maximum Gasteiger partial charge on any atom is 0.141 e. The predicted octanol–water partition coefficient (Wildman–Crippen LogP) is 2.45. The molecule has 1 atom stereocenters. The Morgan fingerprint density at radius 2 is 2.33 bits per heavy atom. The second-order valence-corrected chi connectivity index (χ2v) is 4.80. The lowest BCUT2D eigenvalue weighted by atomic mass is 10.2. The third kappa shape index (κ3) is 5.14. The molecule has 0 aliphatic carbocycles. The number of hydrogen-bond acceptors (Lipinski definition) is 3. The summed E-state index contributed by atoms with van der Waals surface area (Å²) in [5.41, 5.74) is 0.895. The van der Waals surface area contributed by atoms with Gasteiger partial charge in [0, 0.05) is 18.0 Å². The standard InChI is InChI=1S/C11H17FN2S/c1-9(15-2)3-4-13-6-10-5-11(12)8-14-7-10/h5,7-9,13H,3-4,6H2,1-2H3. The van der Waals surface area contributed by atoms with Gasteiger partial charge in [-0.05, 0) is 30.9 Å². The van der Waals surface area contributed by atoms with Crippen molar-refractivity contribution in [3.8, 4) is 0 Å². The first-order chi connectivity index (χ1) is 7.22. The fraction of sp³-hybridized carbons (Fsp3) is 0.545. The van der Waals surface area contributed by atoms with E-state index in [1.165, 1.54) is 12.3 Å². The van der Waals surface area contributed by atoms with E-state index in [1.54, 1.807) is 6.20 Å². The number of aromatic nitrogens is 1. The summed E-state index contributed by atoms with van der Waals surface area (Å²) in [4.78, 5) is 3.80. The number of halogens is 1. The molecule has 4 heteroatoms. The number of nitrogens with zero attached hydrogens (tertiary/aromatic N) is 1. The van der Waals surface area contributed by atoms with Crippen LogP contribution < -0.4 is 5.32 Å². The highest BCUT2D eigenvalue weighted by atomic mass is 32.2. The van der Waals surface area contributed by atoms with Crippen LogP contribution in [-0.4, -0.2) is 23.0 Å². The minimum Gasteiger partial charge on any atom is -0.313 e. The van der Waals surface area contributed by atoms with Crippen LogP contribution in [0.3, 0.4) is 0 Å². The topological polar surface area (TPSA) is 24.9 Å². The van der Waals surface area contributed by atoms with Gasteiger partial charge in [-0.2, -0.15) is 11.8 Å². The lowest BCUT2D eigenvalue weighted by Gasteiger charge is -2.08. The minimum atomic E-state index is -0.271. The summed E-state index contributed by atoms with van der Waals surface area (Å²) in [5, 5.41) is 3.94. The molecule has 1 unspecified atom stereocenters. The zero-order valence-corrected chi connectivity index (χ0v) is 9.98. The third-order valence-corrected chi connectivity index (χ3v) is 3.26. The number of hydrogen-bond donors (Lipinski definition) is 1. The molecule has 0 bridgehead atoms. The number of rotatable bonds is 6. The summed E-state index contributed by atoms with van der Waals surface area (Å²) in [6.07, 6.45) is 6.15. The fourth-order valence-corrected chi connectivity index (χ4v) is 1.56. The first-order valence-corrected chi connectivity index (χ1v) is 6.34. The molecule has 0 aromatic carbocycles. The molecular formula is C11H17FN2S. The van der Waals surface area contributed by atoms with E-state index >= 15 is 0 Å². The van der Waals surface area contributed by atoms with E-state index in [-0.39, 0.29) is 5.82 Å². The fourth-order valence-electron chi connectivity index (χ4n) is 1.21. The van der Waals surface area contributed by atoms with Crippen LogP contribution in [0.5, 0.6) is 0 Å². The van der Waals surface area contributed by atoms with Crippen molar-refractivity contribution < 1.29 is 4.39 Å². The van der Waals surface area contributed by atoms with Gasteiger partial charge in [-0.3, -0.25) is 4.98 Å². The van der Waals surface area contributed by atoms with Crippen LogP contribution in [0.2, 0.25) is 0 Å². The van der Waals surface area contributed by atoms with Crippen molar-refractivity contribution in [3.05, 3.63) is 29.8 Å². The molecule has 1 N–H and O–H groups in total. The highest BCUT2D eigenvalue weighted by Crippen LogP contribution is 2.08. The normalized spacial score (nSPS) is 12.7. The van der Waals surface area contributed by atoms with Gasteiger partial charge in [0.1, 0.15) is 5.82 Å². The van der Waals surface area contributed by atoms with Crippen molar-refractivity contribution in [1.29, 1.82) is 0 Å². The van der Waals surface area contributed by atoms with Crippen molar-refractivity contribution in [2.24, 2.45) is 0 Å². The van der Waals surface area contributed by atoms with E-state index in [1.807, 2.05) is 11.8 Å². The monoisotopic (exact) mass is 228 g/mol. The SMILES string of the molecule is CSC(C)CCNCc1cncc(F)c1. The van der Waals surface area contributed by atoms with Crippen LogP contribution in [0.1, 0.15) is 18.9 Å². The van der Waals surface area contributed by atoms with Crippen LogP contribution in [0, 0.1) is 5.82 Å². The maximum absolute atomic E-state index is 12.8. The maximum atomic E-state index is 12.8. The Kier molecular flexibility index (Phi) is 5.65. The lowest BCUT2D eigenvalue weighted by molar-refractivity contribution is 0.608. The molecule has 0 saturated carbocycles. The summed E-state index contributed by atoms with van der Waals surface area (Å²) in [5.74, 6) is -0.271. The summed E-state index contributed by atoms with van der Waals surface area (Å²) >= 11 is 1.86. The van der Waals surface area contributed by atoms with Gasteiger partial charge in [0.05, 0.1) is 6.20 Å². The van der Waals surface area contributed by atoms with Crippen LogP contribution in [0.15, 0.2) is 18.5 Å². The van der Waals surface area contributed by atoms with Gasteiger partial charge in [0.15, 0.2) is 0 Å². The zero-order chi connectivity index (χ0) is 11.1. The molecule has 2 nitrogen and oxygen atoms in total. The number of pyridine rings is 1. The van der Waals surface area contributed by atoms with Crippen molar-refractivity contribution in [1.82, 2.24) is 10.3 Å². The molecule has 0 aliphatic heterocycles. The first-order valence-electron chi connectivity index (χ1n) is 5.05. The molecule has 0 aliphatic rings. The number of nitrogens with one attached hydrogen (secondary N) is 1. The molecule has 1 heterocycles. The second kappa shape index (κ2) is 6.80. The molecule has 0 spiro atoms. The van der Waals surface area contributed by atoms with Crippen molar-refractivity contribution in [2.45, 2.75) is 25.1 Å². The Bertz CT molecular complexity index is 294. The van der Waals surface area contributed by atoms with E-state index in [0.717, 1.165) is 18.5 Å². The highest BCUT2D eigenvalue weighted by molar-refractivity contribution is 7.99. The van der Waals surface area contributed by atoms with Gasteiger partial charge >= 0.3 is 0 Å². The van der Waals surface area contributed by atoms with Crippen molar-refractivity contribution in [3.63, 3.8) is 0 Å². The molecule has 0 fully saturated rings. The van der Waals surface area contributed by atoms with Crippen molar-refractivity contribution >= 4 is 11.8 Å². The van der Waals surface area contributed by atoms with E-state index in [9.17, 15) is 4.39 Å². The van der Waals surface area contributed by atoms with Crippen LogP contribution in [0.4, 0.5) is 4.39 Å². The quantitative estimate of drug-likeness (QED) is 0.757. The molecule has 84 valence electrons. The van der Waals surface area contributed by atoms with Crippen molar-refractivity contribution in [2.75, 3.05) is 12.8 Å². The number of thioether (sulfide) groups is 1. The molecule has 1 aromatic rings. The summed E-state index contributed by atoms with van der Waals surface area (Å²) in [7, 11) is 0. The Labute approximate surface area is 94.7 Å². The average molecular weight is 228 g/mol. The van der Waals surface area contributed by atoms with Gasteiger partial charge in [0.25, 0.3) is 0 Å². The largest absolute Gasteiger partial charge is 0.313 e. The van der Waals surface area contributed by atoms with Crippen LogP contribution >= 0.6 is 11.8 Å². The molecule has 0 amide bonds. The summed E-state index contributed by atoms with van der Waals surface area (Å²) in [6.45, 7) is 3.85. The Balaban J connectivity index is 2.20. The summed E-state index contributed by atoms with van der Waals surface area (Å²) in [6, 6.07) is 1.51. The predicted molar refractivity (Wildman–Crippen MR) is 63.5 cm³/mol. The summed E-state index contributed by atoms with van der Waals surface area (Å²) < 4.78 is 12.8. The third-order valence-electron chi connectivity index (χ3n) is 2.22. The second-order valence-electron chi connectivity index (χ2n) is 3.52. The molecule has 1 aromatic heterocycles. The molecule has 0 saturated heterocycles. The van der Waals surface area contributed by atoms with Gasteiger partial charge in [-0.1, -0.05) is 6.92 Å². The van der Waals surface area contributed by atoms with E-state index in [4.69, 9.17) is 0 Å². The van der Waals surface area contributed by atoms with Crippen LogP contribution in [-0.2, 0) is 6.54 Å². The molecular weight excluding hydrogens is 211 g/mol. The lowest BCUT2D eigenvalue weighted by Crippen LogP contribution is -2.17. The van der Waals surface area contributed by atoms with Gasteiger partial charge in [0.2, 0.25) is 0 Å². The first kappa shape index (κ1) is 12.5. The van der Waals surface area contributed by atoms with Gasteiger partial charge < -0.3 is 5.32 Å². The molecule has 15 heavy (non-hydrogen) atoms. The van der Waals surface area contributed by atoms with E-state index in [2.05, 4.69) is 23.5 Å². The van der Waals surface area contributed by atoms with E-state index in [0.29, 0.717) is 11.8 Å². The Morgan fingerprint density at radius 3 is 3.00 bits per heavy atom. The molecule has 0 radical (unpaired) electrons. The van der Waals surface area contributed by atoms with Gasteiger partial charge in [-0.15, -0.1) is 0 Å². The average Bonchev–Trinajstić information content (AvgIpc) is 2.24. The smallest absolute Gasteiger partial charge is 0.141 e. The Hall–Kier alpha value is -0.610. The minimum absolute atomic E-state index is 0.271. The van der Waals surface area contributed by atoms with Gasteiger partial charge in [-0.25, -0.2) is 4.39 Å².